The van der Waals surface area contributed by atoms with E-state index in [0.29, 0.717) is 5.69 Å². The van der Waals surface area contributed by atoms with Gasteiger partial charge in [-0.3, -0.25) is 4.98 Å². The van der Waals surface area contributed by atoms with E-state index in [2.05, 4.69) is 33.6 Å². The fourth-order valence-corrected chi connectivity index (χ4v) is 1.74. The van der Waals surface area contributed by atoms with Crippen LogP contribution >= 0.6 is 22.6 Å². The van der Waals surface area contributed by atoms with Crippen molar-refractivity contribution < 1.29 is 5.11 Å². The van der Waals surface area contributed by atoms with E-state index >= 15 is 0 Å². The van der Waals surface area contributed by atoms with Gasteiger partial charge < -0.3 is 5.11 Å². The minimum atomic E-state index is 0.00191. The molecule has 2 aromatic rings. The zero-order valence-corrected chi connectivity index (χ0v) is 9.02. The molecule has 0 aliphatic carbocycles. The van der Waals surface area contributed by atoms with Crippen LogP contribution in [0.4, 0.5) is 0 Å². The number of hydrogen-bond acceptors (Lipinski definition) is 2. The van der Waals surface area contributed by atoms with Gasteiger partial charge in [-0.2, -0.15) is 0 Å². The van der Waals surface area contributed by atoms with Gasteiger partial charge in [0.1, 0.15) is 0 Å². The molecule has 0 atom stereocenters. The largest absolute Gasteiger partial charge is 0.390 e. The van der Waals surface area contributed by atoms with E-state index in [4.69, 9.17) is 5.11 Å². The van der Waals surface area contributed by atoms with Crippen LogP contribution in [0.5, 0.6) is 0 Å². The lowest BCUT2D eigenvalue weighted by atomic mass is 10.2. The molecule has 2 rings (SSSR count). The second-order valence-corrected chi connectivity index (χ2v) is 4.04. The number of aromatic nitrogens is 1. The number of fused-ring (bicyclic) bond motifs is 1. The summed E-state index contributed by atoms with van der Waals surface area (Å²) in [6.07, 6.45) is 0. The van der Waals surface area contributed by atoms with Crippen molar-refractivity contribution >= 4 is 33.5 Å². The molecule has 0 spiro atoms. The number of hydrogen-bond donors (Lipinski definition) is 1. The van der Waals surface area contributed by atoms with E-state index in [1.807, 2.05) is 24.3 Å². The molecule has 0 radical (unpaired) electrons. The number of aliphatic hydroxyl groups is 1. The molecule has 0 fully saturated rings. The molecule has 1 aromatic heterocycles. The van der Waals surface area contributed by atoms with E-state index in [1.165, 1.54) is 3.57 Å². The Morgan fingerprint density at radius 2 is 2.08 bits per heavy atom. The summed E-state index contributed by atoms with van der Waals surface area (Å²) in [6, 6.07) is 9.88. The molecule has 3 heteroatoms. The van der Waals surface area contributed by atoms with Crippen LogP contribution in [-0.4, -0.2) is 10.1 Å². The van der Waals surface area contributed by atoms with E-state index < -0.39 is 0 Å². The summed E-state index contributed by atoms with van der Waals surface area (Å²) in [5.74, 6) is 0. The average Bonchev–Trinajstić information content (AvgIpc) is 2.17. The summed E-state index contributed by atoms with van der Waals surface area (Å²) >= 11 is 2.27. The highest BCUT2D eigenvalue weighted by atomic mass is 127. The van der Waals surface area contributed by atoms with Gasteiger partial charge in [-0.15, -0.1) is 0 Å². The normalized spacial score (nSPS) is 10.6. The lowest BCUT2D eigenvalue weighted by molar-refractivity contribution is 0.277. The van der Waals surface area contributed by atoms with Crippen molar-refractivity contribution in [1.82, 2.24) is 4.98 Å². The molecular weight excluding hydrogens is 277 g/mol. The van der Waals surface area contributed by atoms with Crippen molar-refractivity contribution in [3.63, 3.8) is 0 Å². The lowest BCUT2D eigenvalue weighted by Gasteiger charge is -2.00. The molecule has 2 nitrogen and oxygen atoms in total. The Balaban J connectivity index is 2.66. The van der Waals surface area contributed by atoms with Crippen molar-refractivity contribution in [2.45, 2.75) is 6.61 Å². The third-order valence-corrected chi connectivity index (χ3v) is 2.54. The van der Waals surface area contributed by atoms with Crippen LogP contribution < -0.4 is 0 Å². The van der Waals surface area contributed by atoms with E-state index in [9.17, 15) is 0 Å². The smallest absolute Gasteiger partial charge is 0.0853 e. The average molecular weight is 285 g/mol. The first-order valence-corrected chi connectivity index (χ1v) is 5.03. The highest BCUT2D eigenvalue weighted by molar-refractivity contribution is 14.1. The van der Waals surface area contributed by atoms with E-state index in [1.54, 1.807) is 0 Å². The molecule has 0 bridgehead atoms. The Morgan fingerprint density at radius 1 is 1.23 bits per heavy atom. The quantitative estimate of drug-likeness (QED) is 0.816. The molecule has 0 aliphatic rings. The second-order valence-electron chi connectivity index (χ2n) is 2.80. The summed E-state index contributed by atoms with van der Waals surface area (Å²) in [6.45, 7) is 0.00191. The maximum atomic E-state index is 8.89. The zero-order chi connectivity index (χ0) is 9.26. The Kier molecular flexibility index (Phi) is 2.46. The van der Waals surface area contributed by atoms with Crippen LogP contribution in [0.3, 0.4) is 0 Å². The van der Waals surface area contributed by atoms with E-state index in [-0.39, 0.29) is 6.61 Å². The fourth-order valence-electron chi connectivity index (χ4n) is 1.23. The van der Waals surface area contributed by atoms with Gasteiger partial charge in [0.15, 0.2) is 0 Å². The molecule has 13 heavy (non-hydrogen) atoms. The predicted octanol–water partition coefficient (Wildman–Crippen LogP) is 2.33. The highest BCUT2D eigenvalue weighted by Gasteiger charge is 1.97. The minimum Gasteiger partial charge on any atom is -0.390 e. The summed E-state index contributed by atoms with van der Waals surface area (Å²) < 4.78 is 1.20. The van der Waals surface area contributed by atoms with Crippen molar-refractivity contribution in [2.24, 2.45) is 0 Å². The van der Waals surface area contributed by atoms with Crippen LogP contribution in [-0.2, 0) is 6.61 Å². The Bertz CT molecular complexity index is 442. The first kappa shape index (κ1) is 8.90. The maximum Gasteiger partial charge on any atom is 0.0853 e. The molecule has 0 amide bonds. The fraction of sp³-hybridized carbons (Fsp3) is 0.100. The van der Waals surface area contributed by atoms with Crippen LogP contribution in [0.15, 0.2) is 30.3 Å². The molecule has 66 valence electrons. The topological polar surface area (TPSA) is 33.1 Å². The Labute approximate surface area is 89.8 Å². The van der Waals surface area contributed by atoms with Crippen molar-refractivity contribution in [1.29, 1.82) is 0 Å². The van der Waals surface area contributed by atoms with Gasteiger partial charge in [0, 0.05) is 8.96 Å². The predicted molar refractivity (Wildman–Crippen MR) is 60.4 cm³/mol. The van der Waals surface area contributed by atoms with Crippen LogP contribution in [0.2, 0.25) is 0 Å². The number of aliphatic hydroxyl groups excluding tert-OH is 1. The van der Waals surface area contributed by atoms with E-state index in [0.717, 1.165) is 10.9 Å². The third kappa shape index (κ3) is 1.81. The monoisotopic (exact) mass is 285 g/mol. The summed E-state index contributed by atoms with van der Waals surface area (Å²) in [5, 5.41) is 10.0. The lowest BCUT2D eigenvalue weighted by Crippen LogP contribution is -1.89. The second kappa shape index (κ2) is 3.59. The first-order valence-electron chi connectivity index (χ1n) is 3.95. The van der Waals surface area contributed by atoms with Crippen LogP contribution in [0, 0.1) is 3.57 Å². The van der Waals surface area contributed by atoms with Gasteiger partial charge in [0.25, 0.3) is 0 Å². The van der Waals surface area contributed by atoms with Crippen molar-refractivity contribution in [3.05, 3.63) is 39.6 Å². The Hall–Kier alpha value is -0.680. The third-order valence-electron chi connectivity index (χ3n) is 1.87. The standard InChI is InChI=1S/C10H8INO/c11-8-2-4-10-7(5-8)1-3-9(6-13)12-10/h1-5,13H,6H2. The van der Waals surface area contributed by atoms with Gasteiger partial charge in [-0.1, -0.05) is 6.07 Å². The molecule has 1 aromatic carbocycles. The number of halogens is 1. The highest BCUT2D eigenvalue weighted by Crippen LogP contribution is 2.15. The van der Waals surface area contributed by atoms with Crippen LogP contribution in [0.25, 0.3) is 10.9 Å². The Morgan fingerprint density at radius 3 is 2.85 bits per heavy atom. The molecule has 0 saturated heterocycles. The summed E-state index contributed by atoms with van der Waals surface area (Å²) in [4.78, 5) is 4.28. The zero-order valence-electron chi connectivity index (χ0n) is 6.87. The molecule has 1 N–H and O–H groups in total. The SMILES string of the molecule is OCc1ccc2cc(I)ccc2n1. The van der Waals surface area contributed by atoms with Crippen molar-refractivity contribution in [2.75, 3.05) is 0 Å². The number of pyridine rings is 1. The molecule has 0 unspecified atom stereocenters. The maximum absolute atomic E-state index is 8.89. The van der Waals surface area contributed by atoms with Crippen LogP contribution in [0.1, 0.15) is 5.69 Å². The molecule has 1 heterocycles. The van der Waals surface area contributed by atoms with Gasteiger partial charge in [-0.25, -0.2) is 0 Å². The summed E-state index contributed by atoms with van der Waals surface area (Å²) in [5.41, 5.74) is 1.65. The molecule has 0 saturated carbocycles. The number of rotatable bonds is 1. The first-order chi connectivity index (χ1) is 6.29. The minimum absolute atomic E-state index is 0.00191. The van der Waals surface area contributed by atoms with Gasteiger partial charge in [0.2, 0.25) is 0 Å². The van der Waals surface area contributed by atoms with Gasteiger partial charge >= 0.3 is 0 Å². The molecule has 0 aliphatic heterocycles. The number of benzene rings is 1. The number of nitrogens with zero attached hydrogens (tertiary/aromatic N) is 1. The van der Waals surface area contributed by atoms with Gasteiger partial charge in [-0.05, 0) is 46.9 Å². The molecular formula is C10H8INO. The van der Waals surface area contributed by atoms with Gasteiger partial charge in [0.05, 0.1) is 17.8 Å². The summed E-state index contributed by atoms with van der Waals surface area (Å²) in [7, 11) is 0. The van der Waals surface area contributed by atoms with Crippen molar-refractivity contribution in [3.8, 4) is 0 Å².